The average molecular weight is 527 g/mol. The number of aliphatic hydroxyl groups is 3. The van der Waals surface area contributed by atoms with E-state index in [0.717, 1.165) is 31.3 Å². The second-order valence-electron chi connectivity index (χ2n) is 13.2. The molecule has 4 saturated carbocycles. The van der Waals surface area contributed by atoms with Gasteiger partial charge in [0, 0.05) is 12.8 Å². The van der Waals surface area contributed by atoms with Crippen molar-refractivity contribution < 1.29 is 30.0 Å². The van der Waals surface area contributed by atoms with Crippen molar-refractivity contribution >= 4 is 5.97 Å². The molecule has 210 valence electrons. The summed E-state index contributed by atoms with van der Waals surface area (Å²) < 4.78 is 5.75. The molecule has 0 heterocycles. The molecule has 0 aromatic carbocycles. The first-order valence-electron chi connectivity index (χ1n) is 14.3. The van der Waals surface area contributed by atoms with E-state index in [1.54, 1.807) is 13.8 Å². The van der Waals surface area contributed by atoms with Crippen molar-refractivity contribution in [3.63, 3.8) is 0 Å². The Morgan fingerprint density at radius 1 is 1.24 bits per heavy atom. The van der Waals surface area contributed by atoms with Gasteiger partial charge in [0.15, 0.2) is 0 Å². The van der Waals surface area contributed by atoms with Crippen molar-refractivity contribution in [2.75, 3.05) is 6.61 Å². The lowest BCUT2D eigenvalue weighted by Crippen LogP contribution is -2.46. The maximum Gasteiger partial charge on any atom is 0.311 e. The Morgan fingerprint density at radius 2 is 1.95 bits per heavy atom. The molecule has 0 bridgehead atoms. The molecule has 0 aromatic heterocycles. The van der Waals surface area contributed by atoms with E-state index >= 15 is 0 Å². The number of ether oxygens (including phenoxy) is 1. The van der Waals surface area contributed by atoms with Gasteiger partial charge in [-0.05, 0) is 93.1 Å². The molecular formula is C32H46O6. The van der Waals surface area contributed by atoms with Crippen molar-refractivity contribution in [3.05, 3.63) is 35.5 Å². The molecule has 4 aliphatic rings. The van der Waals surface area contributed by atoms with Gasteiger partial charge in [-0.2, -0.15) is 0 Å². The molecule has 4 N–H and O–H groups in total. The highest BCUT2D eigenvalue weighted by atomic mass is 16.5. The average Bonchev–Trinajstić information content (AvgIpc) is 3.54. The molecule has 6 nitrogen and oxygen atoms in total. The van der Waals surface area contributed by atoms with Gasteiger partial charge in [0.25, 0.3) is 0 Å². The van der Waals surface area contributed by atoms with E-state index in [2.05, 4.69) is 38.3 Å². The molecule has 0 radical (unpaired) electrons. The molecule has 0 aromatic rings. The number of allylic oxidation sites excluding steroid dienone is 3. The molecule has 4 aliphatic carbocycles. The lowest BCUT2D eigenvalue weighted by molar-refractivity contribution is -0.152. The number of rotatable bonds is 7. The van der Waals surface area contributed by atoms with Gasteiger partial charge in [-0.1, -0.05) is 44.1 Å². The van der Waals surface area contributed by atoms with E-state index in [0.29, 0.717) is 42.6 Å². The smallest absolute Gasteiger partial charge is 0.311 e. The maximum atomic E-state index is 11.5. The van der Waals surface area contributed by atoms with Crippen LogP contribution in [0.3, 0.4) is 0 Å². The molecular weight excluding hydrogens is 480 g/mol. The van der Waals surface area contributed by atoms with Crippen LogP contribution in [0.4, 0.5) is 0 Å². The van der Waals surface area contributed by atoms with Crippen molar-refractivity contribution in [2.45, 2.75) is 109 Å². The zero-order chi connectivity index (χ0) is 27.9. The molecule has 0 amide bonds. The molecule has 38 heavy (non-hydrogen) atoms. The highest BCUT2D eigenvalue weighted by Crippen LogP contribution is 2.59. The lowest BCUT2D eigenvalue weighted by Gasteiger charge is -2.44. The van der Waals surface area contributed by atoms with Gasteiger partial charge in [0.05, 0.1) is 18.1 Å². The summed E-state index contributed by atoms with van der Waals surface area (Å²) in [6.45, 7) is 12.3. The van der Waals surface area contributed by atoms with Crippen LogP contribution in [0.2, 0.25) is 0 Å². The zero-order valence-corrected chi connectivity index (χ0v) is 23.5. The van der Waals surface area contributed by atoms with Gasteiger partial charge in [-0.25, -0.2) is 0 Å². The molecule has 0 aliphatic heterocycles. The van der Waals surface area contributed by atoms with Crippen LogP contribution in [0.25, 0.3) is 0 Å². The minimum atomic E-state index is -1.06. The van der Waals surface area contributed by atoms with Crippen LogP contribution < -0.4 is 0 Å². The number of aliphatic carboxylic acids is 1. The summed E-state index contributed by atoms with van der Waals surface area (Å²) in [6, 6.07) is 0. The Hall–Kier alpha value is -1.91. The topological polar surface area (TPSA) is 107 Å². The summed E-state index contributed by atoms with van der Waals surface area (Å²) in [6.07, 6.45) is 9.40. The van der Waals surface area contributed by atoms with Crippen molar-refractivity contribution in [1.29, 1.82) is 0 Å². The van der Waals surface area contributed by atoms with Crippen LogP contribution in [0.1, 0.15) is 85.5 Å². The summed E-state index contributed by atoms with van der Waals surface area (Å²) in [5.74, 6) is 6.87. The number of carbonyl (C=O) groups is 1. The summed E-state index contributed by atoms with van der Waals surface area (Å²) in [5.41, 5.74) is 1.21. The Balaban J connectivity index is 1.43. The van der Waals surface area contributed by atoms with E-state index in [-0.39, 0.29) is 12.0 Å². The van der Waals surface area contributed by atoms with E-state index < -0.39 is 35.3 Å². The van der Waals surface area contributed by atoms with Crippen molar-refractivity contribution in [2.24, 2.45) is 28.6 Å². The van der Waals surface area contributed by atoms with Gasteiger partial charge in [-0.15, -0.1) is 5.92 Å². The first-order valence-corrected chi connectivity index (χ1v) is 14.3. The standard InChI is InChI=1S/C32H46O6/c1-20(8-6-14-30(3,4)37)24-12-13-25-22(9-7-15-31(24,25)5)10-11-23-18-26(33)28(27(34)21(23)2)38-19-32(16-17-32)29(35)36/h10-11,20,24-28,33-34,37H,2,7-9,12-13,15-19H2,1,3-5H3,(H,35,36)/b22-10+,23-11-/t20-,24-,25+,26-,27-,28+,31-/m1/s1. The van der Waals surface area contributed by atoms with Crippen LogP contribution in [0, 0.1) is 40.4 Å². The second-order valence-corrected chi connectivity index (χ2v) is 13.2. The fourth-order valence-electron chi connectivity index (χ4n) is 7.27. The molecule has 4 fully saturated rings. The number of fused-ring (bicyclic) bond motifs is 1. The number of carboxylic acid groups (broad SMARTS) is 1. The minimum absolute atomic E-state index is 0.000688. The first kappa shape index (κ1) is 29.1. The fourth-order valence-corrected chi connectivity index (χ4v) is 7.27. The maximum absolute atomic E-state index is 11.5. The van der Waals surface area contributed by atoms with E-state index in [1.807, 2.05) is 6.08 Å². The zero-order valence-electron chi connectivity index (χ0n) is 23.5. The number of hydrogen-bond acceptors (Lipinski definition) is 5. The third kappa shape index (κ3) is 5.97. The van der Waals surface area contributed by atoms with Crippen LogP contribution in [-0.4, -0.2) is 56.9 Å². The predicted octanol–water partition coefficient (Wildman–Crippen LogP) is 4.79. The van der Waals surface area contributed by atoms with E-state index in [4.69, 9.17) is 4.74 Å². The molecule has 0 spiro atoms. The van der Waals surface area contributed by atoms with E-state index in [9.17, 15) is 25.2 Å². The van der Waals surface area contributed by atoms with Crippen LogP contribution in [0.5, 0.6) is 0 Å². The van der Waals surface area contributed by atoms with Crippen molar-refractivity contribution in [3.8, 4) is 11.8 Å². The van der Waals surface area contributed by atoms with Crippen molar-refractivity contribution in [1.82, 2.24) is 0 Å². The molecule has 6 heteroatoms. The Bertz CT molecular complexity index is 1050. The Labute approximate surface area is 227 Å². The third-order valence-corrected chi connectivity index (χ3v) is 9.79. The second kappa shape index (κ2) is 10.9. The summed E-state index contributed by atoms with van der Waals surface area (Å²) in [5, 5.41) is 41.0. The summed E-state index contributed by atoms with van der Waals surface area (Å²) in [7, 11) is 0. The number of carboxylic acids is 1. The van der Waals surface area contributed by atoms with Gasteiger partial charge in [-0.3, -0.25) is 4.79 Å². The number of aliphatic hydroxyl groups excluding tert-OH is 2. The Kier molecular flexibility index (Phi) is 8.36. The van der Waals surface area contributed by atoms with Crippen LogP contribution in [0.15, 0.2) is 35.5 Å². The molecule has 7 atom stereocenters. The predicted molar refractivity (Wildman–Crippen MR) is 147 cm³/mol. The monoisotopic (exact) mass is 526 g/mol. The lowest BCUT2D eigenvalue weighted by atomic mass is 9.61. The highest BCUT2D eigenvalue weighted by Gasteiger charge is 2.52. The first-order chi connectivity index (χ1) is 17.8. The third-order valence-electron chi connectivity index (χ3n) is 9.79. The molecule has 0 unspecified atom stereocenters. The Morgan fingerprint density at radius 3 is 2.58 bits per heavy atom. The normalized spacial score (nSPS) is 37.4. The summed E-state index contributed by atoms with van der Waals surface area (Å²) in [4.78, 5) is 11.5. The van der Waals surface area contributed by atoms with Gasteiger partial charge in [0.2, 0.25) is 0 Å². The van der Waals surface area contributed by atoms with E-state index in [1.165, 1.54) is 18.4 Å². The fraction of sp³-hybridized carbons (Fsp3) is 0.719. The molecule has 0 saturated heterocycles. The van der Waals surface area contributed by atoms with Gasteiger partial charge in [0.1, 0.15) is 17.8 Å². The quantitative estimate of drug-likeness (QED) is 0.356. The van der Waals surface area contributed by atoms with Crippen LogP contribution >= 0.6 is 0 Å². The SMILES string of the molecule is C=C1/C(=C\C=C2/CCC[C@]3(C)[C@@H]([C@H](C)CC#CC(C)(C)O)CC[C@@H]23)C[C@@H](O)[C@H](OCC2(C(=O)O)CC2)[C@@H]1O. The van der Waals surface area contributed by atoms with Gasteiger partial charge < -0.3 is 25.2 Å². The highest BCUT2D eigenvalue weighted by molar-refractivity contribution is 5.77. The van der Waals surface area contributed by atoms with Gasteiger partial charge >= 0.3 is 5.97 Å². The molecule has 4 rings (SSSR count). The largest absolute Gasteiger partial charge is 0.481 e. The minimum Gasteiger partial charge on any atom is -0.481 e. The summed E-state index contributed by atoms with van der Waals surface area (Å²) >= 11 is 0. The number of hydrogen-bond donors (Lipinski definition) is 4. The van der Waals surface area contributed by atoms with Crippen LogP contribution in [-0.2, 0) is 9.53 Å².